The van der Waals surface area contributed by atoms with E-state index >= 15 is 0 Å². The highest BCUT2D eigenvalue weighted by atomic mass is 35.5. The van der Waals surface area contributed by atoms with Crippen LogP contribution in [0.5, 0.6) is 5.75 Å². The van der Waals surface area contributed by atoms with Crippen LogP contribution in [0.25, 0.3) is 10.9 Å². The van der Waals surface area contributed by atoms with Crippen molar-refractivity contribution in [1.82, 2.24) is 4.57 Å². The van der Waals surface area contributed by atoms with Crippen LogP contribution in [0.1, 0.15) is 5.69 Å². The van der Waals surface area contributed by atoms with Gasteiger partial charge in [0.2, 0.25) is 6.23 Å². The number of nitrogens with zero attached hydrogens (tertiary/aromatic N) is 4. The molecule has 22 heavy (non-hydrogen) atoms. The molecule has 2 heterocycles. The van der Waals surface area contributed by atoms with E-state index < -0.39 is 18.0 Å². The minimum absolute atomic E-state index is 0.0341. The van der Waals surface area contributed by atoms with Crippen molar-refractivity contribution in [2.75, 3.05) is 0 Å². The van der Waals surface area contributed by atoms with Crippen molar-refractivity contribution in [1.29, 1.82) is 5.26 Å². The van der Waals surface area contributed by atoms with Crippen molar-refractivity contribution in [2.24, 2.45) is 23.0 Å². The monoisotopic (exact) mass is 318 g/mol. The SMILES string of the molecule is Cc1cc2c(F)c(OC3N=CN=C(Cl)C3C#N)ccc2n1C. The van der Waals surface area contributed by atoms with Crippen LogP contribution in [0.2, 0.25) is 0 Å². The molecule has 7 heteroatoms. The fourth-order valence-corrected chi connectivity index (χ4v) is 2.56. The molecule has 0 spiro atoms. The Hall–Kier alpha value is -2.39. The molecule has 0 saturated heterocycles. The van der Waals surface area contributed by atoms with Gasteiger partial charge in [0.1, 0.15) is 11.5 Å². The van der Waals surface area contributed by atoms with Crippen LogP contribution >= 0.6 is 11.6 Å². The molecule has 2 atom stereocenters. The van der Waals surface area contributed by atoms with E-state index in [9.17, 15) is 4.39 Å². The van der Waals surface area contributed by atoms with E-state index in [4.69, 9.17) is 21.6 Å². The summed E-state index contributed by atoms with van der Waals surface area (Å²) in [5.74, 6) is -1.29. The fourth-order valence-electron chi connectivity index (χ4n) is 2.36. The first kappa shape index (κ1) is 14.5. The predicted molar refractivity (Wildman–Crippen MR) is 82.9 cm³/mol. The zero-order valence-corrected chi connectivity index (χ0v) is 12.7. The highest BCUT2D eigenvalue weighted by Crippen LogP contribution is 2.30. The average molecular weight is 319 g/mol. The third-order valence-corrected chi connectivity index (χ3v) is 4.02. The highest BCUT2D eigenvalue weighted by Gasteiger charge is 2.30. The van der Waals surface area contributed by atoms with Crippen LogP contribution in [0, 0.1) is 30.0 Å². The predicted octanol–water partition coefficient (Wildman–Crippen LogP) is 3.15. The number of aromatic nitrogens is 1. The Labute approximate surface area is 131 Å². The lowest BCUT2D eigenvalue weighted by molar-refractivity contribution is 0.187. The van der Waals surface area contributed by atoms with Crippen molar-refractivity contribution < 1.29 is 9.13 Å². The summed E-state index contributed by atoms with van der Waals surface area (Å²) in [5.41, 5.74) is 1.71. The largest absolute Gasteiger partial charge is 0.464 e. The maximum atomic E-state index is 14.6. The number of benzene rings is 1. The smallest absolute Gasteiger partial charge is 0.213 e. The van der Waals surface area contributed by atoms with Gasteiger partial charge in [0.25, 0.3) is 0 Å². The third-order valence-electron chi connectivity index (χ3n) is 3.69. The molecular formula is C15H12ClFN4O. The van der Waals surface area contributed by atoms with Crippen molar-refractivity contribution in [2.45, 2.75) is 13.2 Å². The van der Waals surface area contributed by atoms with Crippen LogP contribution in [0.3, 0.4) is 0 Å². The van der Waals surface area contributed by atoms with Crippen LogP contribution < -0.4 is 4.74 Å². The number of aliphatic imine (C=N–C) groups is 2. The van der Waals surface area contributed by atoms with Crippen molar-refractivity contribution in [3.63, 3.8) is 0 Å². The minimum atomic E-state index is -0.910. The number of aryl methyl sites for hydroxylation is 2. The van der Waals surface area contributed by atoms with Crippen molar-refractivity contribution >= 4 is 34.0 Å². The molecule has 1 aromatic heterocycles. The van der Waals surface area contributed by atoms with Gasteiger partial charge in [-0.05, 0) is 25.1 Å². The second-order valence-corrected chi connectivity index (χ2v) is 5.37. The summed E-state index contributed by atoms with van der Waals surface area (Å²) >= 11 is 5.86. The number of halogens is 2. The van der Waals surface area contributed by atoms with E-state index in [0.29, 0.717) is 5.39 Å². The molecule has 0 aliphatic carbocycles. The molecule has 1 aromatic carbocycles. The lowest BCUT2D eigenvalue weighted by atomic mass is 10.1. The molecular weight excluding hydrogens is 307 g/mol. The van der Waals surface area contributed by atoms with E-state index in [1.807, 2.05) is 24.6 Å². The van der Waals surface area contributed by atoms with Crippen LogP contribution in [-0.4, -0.2) is 22.3 Å². The van der Waals surface area contributed by atoms with Crippen LogP contribution in [0.4, 0.5) is 4.39 Å². The molecule has 2 unspecified atom stereocenters. The summed E-state index contributed by atoms with van der Waals surface area (Å²) in [6.07, 6.45) is 0.302. The van der Waals surface area contributed by atoms with Crippen molar-refractivity contribution in [3.05, 3.63) is 29.7 Å². The first-order valence-electron chi connectivity index (χ1n) is 6.58. The molecule has 0 radical (unpaired) electrons. The van der Waals surface area contributed by atoms with Gasteiger partial charge in [0, 0.05) is 18.1 Å². The summed E-state index contributed by atoms with van der Waals surface area (Å²) in [6, 6.07) is 7.01. The third kappa shape index (κ3) is 2.24. The fraction of sp³-hybridized carbons (Fsp3) is 0.267. The Morgan fingerprint density at radius 1 is 1.45 bits per heavy atom. The Bertz CT molecular complexity index is 849. The zero-order chi connectivity index (χ0) is 15.9. The van der Waals surface area contributed by atoms with Gasteiger partial charge in [-0.2, -0.15) is 5.26 Å². The lowest BCUT2D eigenvalue weighted by Crippen LogP contribution is -2.31. The first-order valence-corrected chi connectivity index (χ1v) is 6.96. The number of fused-ring (bicyclic) bond motifs is 1. The standard InChI is InChI=1S/C15H12ClFN4O/c1-8-5-9-11(21(8)2)3-4-12(13(9)17)22-15-10(6-18)14(16)19-7-20-15/h3-5,7,10,15H,1-2H3. The summed E-state index contributed by atoms with van der Waals surface area (Å²) < 4.78 is 22.0. The zero-order valence-electron chi connectivity index (χ0n) is 11.9. The number of rotatable bonds is 2. The Morgan fingerprint density at radius 3 is 2.95 bits per heavy atom. The number of nitriles is 1. The van der Waals surface area contributed by atoms with E-state index in [0.717, 1.165) is 11.2 Å². The molecule has 5 nitrogen and oxygen atoms in total. The molecule has 0 fully saturated rings. The van der Waals surface area contributed by atoms with Gasteiger partial charge in [-0.25, -0.2) is 14.4 Å². The lowest BCUT2D eigenvalue weighted by Gasteiger charge is -2.21. The molecule has 3 rings (SSSR count). The summed E-state index contributed by atoms with van der Waals surface area (Å²) in [7, 11) is 1.87. The van der Waals surface area contributed by atoms with E-state index in [2.05, 4.69) is 9.98 Å². The van der Waals surface area contributed by atoms with Gasteiger partial charge in [-0.1, -0.05) is 11.6 Å². The molecule has 1 aliphatic heterocycles. The molecule has 0 bridgehead atoms. The van der Waals surface area contributed by atoms with Gasteiger partial charge in [-0.15, -0.1) is 0 Å². The minimum Gasteiger partial charge on any atom is -0.464 e. The molecule has 0 amide bonds. The highest BCUT2D eigenvalue weighted by molar-refractivity contribution is 6.66. The maximum Gasteiger partial charge on any atom is 0.213 e. The molecule has 112 valence electrons. The Balaban J connectivity index is 1.98. The topological polar surface area (TPSA) is 62.7 Å². The summed E-state index contributed by atoms with van der Waals surface area (Å²) in [5, 5.41) is 9.67. The molecule has 2 aromatic rings. The summed E-state index contributed by atoms with van der Waals surface area (Å²) in [6.45, 7) is 1.90. The van der Waals surface area contributed by atoms with Crippen LogP contribution in [-0.2, 0) is 7.05 Å². The maximum absolute atomic E-state index is 14.6. The first-order chi connectivity index (χ1) is 10.5. The number of ether oxygens (including phenoxy) is 1. The van der Waals surface area contributed by atoms with Crippen molar-refractivity contribution in [3.8, 4) is 11.8 Å². The van der Waals surface area contributed by atoms with E-state index in [1.54, 1.807) is 12.1 Å². The van der Waals surface area contributed by atoms with Gasteiger partial charge < -0.3 is 9.30 Å². The van der Waals surface area contributed by atoms with Gasteiger partial charge in [0.15, 0.2) is 17.5 Å². The second-order valence-electron chi connectivity index (χ2n) is 4.99. The van der Waals surface area contributed by atoms with Gasteiger partial charge in [0.05, 0.1) is 11.6 Å². The Kier molecular flexibility index (Phi) is 3.59. The second kappa shape index (κ2) is 5.43. The van der Waals surface area contributed by atoms with Gasteiger partial charge in [-0.3, -0.25) is 0 Å². The number of hydrogen-bond acceptors (Lipinski definition) is 4. The normalized spacial score (nSPS) is 20.8. The molecule has 0 saturated carbocycles. The molecule has 1 aliphatic rings. The molecule has 0 N–H and O–H groups in total. The van der Waals surface area contributed by atoms with E-state index in [-0.39, 0.29) is 10.9 Å². The van der Waals surface area contributed by atoms with Gasteiger partial charge >= 0.3 is 0 Å². The number of hydrogen-bond donors (Lipinski definition) is 0. The summed E-state index contributed by atoms with van der Waals surface area (Å²) in [4.78, 5) is 7.71. The van der Waals surface area contributed by atoms with E-state index in [1.165, 1.54) is 12.4 Å². The Morgan fingerprint density at radius 2 is 2.23 bits per heavy atom. The average Bonchev–Trinajstić information content (AvgIpc) is 2.79. The quantitative estimate of drug-likeness (QED) is 0.854. The van der Waals surface area contributed by atoms with Crippen LogP contribution in [0.15, 0.2) is 28.2 Å².